The van der Waals surface area contributed by atoms with Crippen LogP contribution in [0.25, 0.3) is 0 Å². The Hall–Kier alpha value is -2.12. The number of ether oxygens (including phenoxy) is 1. The van der Waals surface area contributed by atoms with E-state index in [2.05, 4.69) is 24.8 Å². The number of piperidine rings is 1. The third-order valence-corrected chi connectivity index (χ3v) is 4.50. The van der Waals surface area contributed by atoms with Crippen molar-refractivity contribution in [2.75, 3.05) is 26.8 Å². The number of hydrogen-bond acceptors (Lipinski definition) is 6. The van der Waals surface area contributed by atoms with Gasteiger partial charge in [0.15, 0.2) is 0 Å². The lowest BCUT2D eigenvalue weighted by Gasteiger charge is -2.32. The van der Waals surface area contributed by atoms with E-state index in [1.54, 1.807) is 13.2 Å². The lowest BCUT2D eigenvalue weighted by atomic mass is 9.94. The Kier molecular flexibility index (Phi) is 5.88. The van der Waals surface area contributed by atoms with Crippen molar-refractivity contribution >= 4 is 0 Å². The average Bonchev–Trinajstić information content (AvgIpc) is 2.60. The standard InChI is InChI=1S/C18H25N5O2/c1-13-21-16(8-18(24)22-13)15-4-3-6-23(12-15)11-14-9-19-17(20-10-14)5-7-25-2/h8-10,15H,3-7,11-12H2,1-2H3,(H,21,22,24). The summed E-state index contributed by atoms with van der Waals surface area (Å²) in [4.78, 5) is 30.1. The summed E-state index contributed by atoms with van der Waals surface area (Å²) in [7, 11) is 1.68. The molecule has 7 nitrogen and oxygen atoms in total. The molecule has 7 heteroatoms. The number of hydrogen-bond donors (Lipinski definition) is 1. The quantitative estimate of drug-likeness (QED) is 0.854. The molecule has 0 spiro atoms. The van der Waals surface area contributed by atoms with Gasteiger partial charge in [-0.3, -0.25) is 9.69 Å². The van der Waals surface area contributed by atoms with Crippen LogP contribution in [0.2, 0.25) is 0 Å². The molecule has 1 saturated heterocycles. The van der Waals surface area contributed by atoms with E-state index in [9.17, 15) is 4.79 Å². The van der Waals surface area contributed by atoms with E-state index in [-0.39, 0.29) is 5.56 Å². The summed E-state index contributed by atoms with van der Waals surface area (Å²) in [5.74, 6) is 1.79. The van der Waals surface area contributed by atoms with Gasteiger partial charge in [-0.05, 0) is 26.3 Å². The van der Waals surface area contributed by atoms with Crippen molar-refractivity contribution in [3.05, 3.63) is 51.7 Å². The maximum Gasteiger partial charge on any atom is 0.251 e. The summed E-state index contributed by atoms with van der Waals surface area (Å²) >= 11 is 0. The normalized spacial score (nSPS) is 18.4. The monoisotopic (exact) mass is 343 g/mol. The molecule has 0 bridgehead atoms. The SMILES string of the molecule is COCCc1ncc(CN2CCCC(c3cc(=O)[nH]c(C)n3)C2)cn1. The Morgan fingerprint density at radius 1 is 1.36 bits per heavy atom. The molecule has 0 amide bonds. The first kappa shape index (κ1) is 17.7. The van der Waals surface area contributed by atoms with Crippen molar-refractivity contribution in [1.29, 1.82) is 0 Å². The average molecular weight is 343 g/mol. The molecule has 0 aromatic carbocycles. The number of aryl methyl sites for hydroxylation is 1. The van der Waals surface area contributed by atoms with Gasteiger partial charge in [-0.2, -0.15) is 0 Å². The minimum atomic E-state index is -0.0697. The van der Waals surface area contributed by atoms with Gasteiger partial charge in [0.2, 0.25) is 0 Å². The lowest BCUT2D eigenvalue weighted by molar-refractivity contribution is 0.197. The first-order chi connectivity index (χ1) is 12.1. The first-order valence-corrected chi connectivity index (χ1v) is 8.73. The Labute approximate surface area is 147 Å². The molecule has 1 aliphatic rings. The van der Waals surface area contributed by atoms with Gasteiger partial charge >= 0.3 is 0 Å². The number of H-pyrrole nitrogens is 1. The molecule has 1 fully saturated rings. The van der Waals surface area contributed by atoms with Crippen LogP contribution >= 0.6 is 0 Å². The number of aromatic amines is 1. The maximum absolute atomic E-state index is 11.7. The van der Waals surface area contributed by atoms with Crippen molar-refractivity contribution in [2.24, 2.45) is 0 Å². The Morgan fingerprint density at radius 2 is 2.16 bits per heavy atom. The fraction of sp³-hybridized carbons (Fsp3) is 0.556. The second kappa shape index (κ2) is 8.31. The molecule has 0 aliphatic carbocycles. The van der Waals surface area contributed by atoms with Gasteiger partial charge in [0.1, 0.15) is 11.6 Å². The Balaban J connectivity index is 1.62. The van der Waals surface area contributed by atoms with E-state index >= 15 is 0 Å². The largest absolute Gasteiger partial charge is 0.384 e. The fourth-order valence-corrected chi connectivity index (χ4v) is 3.30. The molecule has 2 aromatic rings. The predicted molar refractivity (Wildman–Crippen MR) is 94.5 cm³/mol. The summed E-state index contributed by atoms with van der Waals surface area (Å²) in [5.41, 5.74) is 1.94. The molecule has 3 rings (SSSR count). The third kappa shape index (κ3) is 4.93. The Bertz CT molecular complexity index is 744. The zero-order valence-electron chi connectivity index (χ0n) is 14.9. The number of nitrogens with zero attached hydrogens (tertiary/aromatic N) is 4. The number of nitrogens with one attached hydrogen (secondary N) is 1. The smallest absolute Gasteiger partial charge is 0.251 e. The number of methoxy groups -OCH3 is 1. The number of aromatic nitrogens is 4. The van der Waals surface area contributed by atoms with Crippen LogP contribution in [0.4, 0.5) is 0 Å². The highest BCUT2D eigenvalue weighted by molar-refractivity contribution is 5.11. The van der Waals surface area contributed by atoms with Crippen LogP contribution in [0.1, 0.15) is 41.7 Å². The molecule has 1 aliphatic heterocycles. The van der Waals surface area contributed by atoms with Gasteiger partial charge in [-0.15, -0.1) is 0 Å². The molecule has 25 heavy (non-hydrogen) atoms. The predicted octanol–water partition coefficient (Wildman–Crippen LogP) is 1.44. The lowest BCUT2D eigenvalue weighted by Crippen LogP contribution is -2.34. The van der Waals surface area contributed by atoms with Crippen LogP contribution in [-0.2, 0) is 17.7 Å². The van der Waals surface area contributed by atoms with Crippen molar-refractivity contribution in [3.63, 3.8) is 0 Å². The molecule has 2 aromatic heterocycles. The molecule has 134 valence electrons. The second-order valence-electron chi connectivity index (χ2n) is 6.58. The summed E-state index contributed by atoms with van der Waals surface area (Å²) in [6, 6.07) is 1.63. The fourth-order valence-electron chi connectivity index (χ4n) is 3.30. The minimum absolute atomic E-state index is 0.0697. The molecule has 1 atom stereocenters. The van der Waals surface area contributed by atoms with E-state index in [4.69, 9.17) is 4.74 Å². The minimum Gasteiger partial charge on any atom is -0.384 e. The number of likely N-dealkylation sites (tertiary alicyclic amines) is 1. The van der Waals surface area contributed by atoms with Crippen LogP contribution in [0.5, 0.6) is 0 Å². The summed E-state index contributed by atoms with van der Waals surface area (Å²) in [5, 5.41) is 0. The van der Waals surface area contributed by atoms with Crippen LogP contribution in [0, 0.1) is 6.92 Å². The highest BCUT2D eigenvalue weighted by Crippen LogP contribution is 2.25. The molecular formula is C18H25N5O2. The van der Waals surface area contributed by atoms with Crippen LogP contribution in [-0.4, -0.2) is 51.6 Å². The highest BCUT2D eigenvalue weighted by atomic mass is 16.5. The third-order valence-electron chi connectivity index (χ3n) is 4.50. The zero-order chi connectivity index (χ0) is 17.6. The summed E-state index contributed by atoms with van der Waals surface area (Å²) < 4.78 is 5.05. The van der Waals surface area contributed by atoms with Gasteiger partial charge in [-0.25, -0.2) is 15.0 Å². The van der Waals surface area contributed by atoms with Crippen molar-refractivity contribution in [1.82, 2.24) is 24.8 Å². The van der Waals surface area contributed by atoms with Gasteiger partial charge in [0.25, 0.3) is 5.56 Å². The number of rotatable bonds is 6. The van der Waals surface area contributed by atoms with E-state index < -0.39 is 0 Å². The van der Waals surface area contributed by atoms with Gasteiger partial charge < -0.3 is 9.72 Å². The molecule has 0 radical (unpaired) electrons. The summed E-state index contributed by atoms with van der Waals surface area (Å²) in [6.07, 6.45) is 6.70. The topological polar surface area (TPSA) is 84.0 Å². The van der Waals surface area contributed by atoms with Crippen LogP contribution < -0.4 is 5.56 Å². The molecule has 1 unspecified atom stereocenters. The van der Waals surface area contributed by atoms with Crippen molar-refractivity contribution in [3.8, 4) is 0 Å². The van der Waals surface area contributed by atoms with Crippen LogP contribution in [0.15, 0.2) is 23.3 Å². The second-order valence-corrected chi connectivity index (χ2v) is 6.58. The van der Waals surface area contributed by atoms with Crippen LogP contribution in [0.3, 0.4) is 0 Å². The zero-order valence-corrected chi connectivity index (χ0v) is 14.9. The molecule has 1 N–H and O–H groups in total. The van der Waals surface area contributed by atoms with Crippen molar-refractivity contribution in [2.45, 2.75) is 38.6 Å². The van der Waals surface area contributed by atoms with Gasteiger partial charge in [-0.1, -0.05) is 0 Å². The van der Waals surface area contributed by atoms with E-state index in [1.807, 2.05) is 19.3 Å². The van der Waals surface area contributed by atoms with Gasteiger partial charge in [0, 0.05) is 56.6 Å². The van der Waals surface area contributed by atoms with E-state index in [1.165, 1.54) is 0 Å². The maximum atomic E-state index is 11.7. The highest BCUT2D eigenvalue weighted by Gasteiger charge is 2.23. The molecular weight excluding hydrogens is 318 g/mol. The van der Waals surface area contributed by atoms with E-state index in [0.29, 0.717) is 18.3 Å². The summed E-state index contributed by atoms with van der Waals surface area (Å²) in [6.45, 7) is 5.23. The van der Waals surface area contributed by atoms with Crippen molar-refractivity contribution < 1.29 is 4.74 Å². The Morgan fingerprint density at radius 3 is 2.88 bits per heavy atom. The first-order valence-electron chi connectivity index (χ1n) is 8.73. The van der Waals surface area contributed by atoms with Gasteiger partial charge in [0.05, 0.1) is 12.3 Å². The molecule has 0 saturated carbocycles. The molecule has 3 heterocycles. The van der Waals surface area contributed by atoms with E-state index in [0.717, 1.165) is 56.0 Å².